The fourth-order valence-electron chi connectivity index (χ4n) is 4.04. The molecular weight excluding hydrogens is 394 g/mol. The smallest absolute Gasteiger partial charge is 0.242 e. The fourth-order valence-corrected chi connectivity index (χ4v) is 5.20. The Labute approximate surface area is 182 Å². The molecule has 1 atom stereocenters. The first kappa shape index (κ1) is 20.7. The molecule has 2 aromatic rings. The number of hydrogen-bond donors (Lipinski definition) is 1. The SMILES string of the molecule is O=C(C[C@H]1SC(=Nc2ccccc2)N(CC2CCCCC2)C1=O)Nc1ccccc1. The lowest BCUT2D eigenvalue weighted by Crippen LogP contribution is -2.37. The van der Waals surface area contributed by atoms with E-state index in [1.807, 2.05) is 65.6 Å². The summed E-state index contributed by atoms with van der Waals surface area (Å²) in [5.41, 5.74) is 1.58. The molecule has 6 heteroatoms. The van der Waals surface area contributed by atoms with Gasteiger partial charge in [0.2, 0.25) is 11.8 Å². The molecule has 2 aliphatic rings. The molecule has 30 heavy (non-hydrogen) atoms. The van der Waals surface area contributed by atoms with Crippen LogP contribution in [0.4, 0.5) is 11.4 Å². The van der Waals surface area contributed by atoms with Crippen LogP contribution in [0, 0.1) is 5.92 Å². The van der Waals surface area contributed by atoms with E-state index in [2.05, 4.69) is 5.32 Å². The van der Waals surface area contributed by atoms with Gasteiger partial charge in [0.25, 0.3) is 0 Å². The third kappa shape index (κ3) is 5.30. The first-order valence-electron chi connectivity index (χ1n) is 10.7. The van der Waals surface area contributed by atoms with Crippen LogP contribution in [-0.2, 0) is 9.59 Å². The highest BCUT2D eigenvalue weighted by Crippen LogP contribution is 2.34. The van der Waals surface area contributed by atoms with Crippen LogP contribution < -0.4 is 5.32 Å². The predicted molar refractivity (Wildman–Crippen MR) is 123 cm³/mol. The van der Waals surface area contributed by atoms with Gasteiger partial charge in [-0.25, -0.2) is 4.99 Å². The number of aliphatic imine (C=N–C) groups is 1. The molecule has 1 saturated carbocycles. The van der Waals surface area contributed by atoms with Crippen molar-refractivity contribution in [2.24, 2.45) is 10.9 Å². The Balaban J connectivity index is 1.48. The van der Waals surface area contributed by atoms with Crippen LogP contribution in [0.15, 0.2) is 65.7 Å². The van der Waals surface area contributed by atoms with Crippen molar-refractivity contribution in [1.82, 2.24) is 4.90 Å². The minimum absolute atomic E-state index is 0.00321. The molecule has 2 amide bonds. The maximum Gasteiger partial charge on any atom is 0.242 e. The molecule has 1 saturated heterocycles. The zero-order chi connectivity index (χ0) is 20.8. The van der Waals surface area contributed by atoms with Crippen LogP contribution in [0.2, 0.25) is 0 Å². The Bertz CT molecular complexity index is 895. The summed E-state index contributed by atoms with van der Waals surface area (Å²) < 4.78 is 0. The Kier molecular flexibility index (Phi) is 6.84. The molecular formula is C24H27N3O2S. The van der Waals surface area contributed by atoms with Crippen molar-refractivity contribution in [3.63, 3.8) is 0 Å². The summed E-state index contributed by atoms with van der Waals surface area (Å²) in [5.74, 6) is 0.371. The average Bonchev–Trinajstić information content (AvgIpc) is 3.04. The zero-order valence-electron chi connectivity index (χ0n) is 17.0. The monoisotopic (exact) mass is 421 g/mol. The van der Waals surface area contributed by atoms with Crippen LogP contribution in [-0.4, -0.2) is 33.7 Å². The van der Waals surface area contributed by atoms with E-state index in [1.54, 1.807) is 0 Å². The second-order valence-corrected chi connectivity index (χ2v) is 9.08. The Morgan fingerprint density at radius 3 is 2.37 bits per heavy atom. The summed E-state index contributed by atoms with van der Waals surface area (Å²) >= 11 is 1.41. The normalized spacial score (nSPS) is 21.2. The van der Waals surface area contributed by atoms with Crippen molar-refractivity contribution >= 4 is 40.1 Å². The second kappa shape index (κ2) is 9.94. The van der Waals surface area contributed by atoms with Gasteiger partial charge in [-0.3, -0.25) is 14.5 Å². The molecule has 0 unspecified atom stereocenters. The summed E-state index contributed by atoms with van der Waals surface area (Å²) in [6.45, 7) is 0.703. The van der Waals surface area contributed by atoms with Gasteiger partial charge in [0.15, 0.2) is 5.17 Å². The summed E-state index contributed by atoms with van der Waals surface area (Å²) in [6.07, 6.45) is 6.21. The number of amidine groups is 1. The molecule has 2 fully saturated rings. The maximum atomic E-state index is 13.2. The van der Waals surface area contributed by atoms with Gasteiger partial charge in [0, 0.05) is 18.7 Å². The van der Waals surface area contributed by atoms with Gasteiger partial charge >= 0.3 is 0 Å². The zero-order valence-corrected chi connectivity index (χ0v) is 17.8. The lowest BCUT2D eigenvalue weighted by Gasteiger charge is -2.26. The molecule has 5 nitrogen and oxygen atoms in total. The molecule has 1 N–H and O–H groups in total. The second-order valence-electron chi connectivity index (χ2n) is 7.91. The third-order valence-corrected chi connectivity index (χ3v) is 6.77. The van der Waals surface area contributed by atoms with Crippen molar-refractivity contribution in [3.05, 3.63) is 60.7 Å². The largest absolute Gasteiger partial charge is 0.326 e. The van der Waals surface area contributed by atoms with Crippen molar-refractivity contribution in [2.75, 3.05) is 11.9 Å². The van der Waals surface area contributed by atoms with Crippen LogP contribution >= 0.6 is 11.8 Å². The van der Waals surface area contributed by atoms with Crippen molar-refractivity contribution in [1.29, 1.82) is 0 Å². The van der Waals surface area contributed by atoms with Crippen molar-refractivity contribution in [3.8, 4) is 0 Å². The van der Waals surface area contributed by atoms with Gasteiger partial charge < -0.3 is 5.32 Å². The molecule has 1 aliphatic heterocycles. The number of anilines is 1. The van der Waals surface area contributed by atoms with Crippen molar-refractivity contribution < 1.29 is 9.59 Å². The van der Waals surface area contributed by atoms with Gasteiger partial charge in [0.05, 0.1) is 5.69 Å². The molecule has 2 aromatic carbocycles. The highest BCUT2D eigenvalue weighted by molar-refractivity contribution is 8.15. The molecule has 1 heterocycles. The number of amides is 2. The highest BCUT2D eigenvalue weighted by atomic mass is 32.2. The predicted octanol–water partition coefficient (Wildman–Crippen LogP) is 5.23. The van der Waals surface area contributed by atoms with E-state index in [4.69, 9.17) is 4.99 Å². The quantitative estimate of drug-likeness (QED) is 0.695. The summed E-state index contributed by atoms with van der Waals surface area (Å²) in [7, 11) is 0. The molecule has 4 rings (SSSR count). The van der Waals surface area contributed by atoms with Gasteiger partial charge in [-0.15, -0.1) is 0 Å². The number of nitrogens with one attached hydrogen (secondary N) is 1. The number of carbonyl (C=O) groups excluding carboxylic acids is 2. The lowest BCUT2D eigenvalue weighted by molar-refractivity contribution is -0.128. The van der Waals surface area contributed by atoms with E-state index >= 15 is 0 Å². The fraction of sp³-hybridized carbons (Fsp3) is 0.375. The van der Waals surface area contributed by atoms with E-state index in [-0.39, 0.29) is 18.2 Å². The first-order valence-corrected chi connectivity index (χ1v) is 11.5. The number of nitrogens with zero attached hydrogens (tertiary/aromatic N) is 2. The number of rotatable bonds is 6. The number of thioether (sulfide) groups is 1. The van der Waals surface area contributed by atoms with E-state index in [0.29, 0.717) is 17.6 Å². The summed E-state index contributed by atoms with van der Waals surface area (Å²) in [4.78, 5) is 32.3. The Morgan fingerprint density at radius 2 is 1.67 bits per heavy atom. The maximum absolute atomic E-state index is 13.2. The molecule has 0 bridgehead atoms. The van der Waals surface area contributed by atoms with Gasteiger partial charge in [-0.1, -0.05) is 67.4 Å². The van der Waals surface area contributed by atoms with Crippen LogP contribution in [0.1, 0.15) is 38.5 Å². The van der Waals surface area contributed by atoms with Crippen LogP contribution in [0.5, 0.6) is 0 Å². The van der Waals surface area contributed by atoms with E-state index in [0.717, 1.165) is 24.2 Å². The lowest BCUT2D eigenvalue weighted by atomic mass is 9.89. The molecule has 0 spiro atoms. The summed E-state index contributed by atoms with van der Waals surface area (Å²) in [6, 6.07) is 19.1. The molecule has 0 radical (unpaired) electrons. The number of carbonyl (C=O) groups is 2. The topological polar surface area (TPSA) is 61.8 Å². The molecule has 156 valence electrons. The van der Waals surface area contributed by atoms with Gasteiger partial charge in [-0.05, 0) is 43.0 Å². The van der Waals surface area contributed by atoms with E-state index in [1.165, 1.54) is 31.0 Å². The molecule has 0 aromatic heterocycles. The summed E-state index contributed by atoms with van der Waals surface area (Å²) in [5, 5.41) is 3.17. The Morgan fingerprint density at radius 1 is 1.00 bits per heavy atom. The van der Waals surface area contributed by atoms with Crippen LogP contribution in [0.3, 0.4) is 0 Å². The third-order valence-electron chi connectivity index (χ3n) is 5.59. The standard InChI is InChI=1S/C24H27N3O2S/c28-22(25-19-12-6-2-7-13-19)16-21-23(29)27(17-18-10-4-1-5-11-18)24(30-21)26-20-14-8-3-9-15-20/h2-3,6-9,12-15,18,21H,1,4-5,10-11,16-17H2,(H,25,28)/t21-/m1/s1. The Hall–Kier alpha value is -2.60. The van der Waals surface area contributed by atoms with Crippen molar-refractivity contribution in [2.45, 2.75) is 43.8 Å². The first-order chi connectivity index (χ1) is 14.7. The average molecular weight is 422 g/mol. The van der Waals surface area contributed by atoms with E-state index in [9.17, 15) is 9.59 Å². The number of benzene rings is 2. The molecule has 1 aliphatic carbocycles. The highest BCUT2D eigenvalue weighted by Gasteiger charge is 2.40. The number of hydrogen-bond acceptors (Lipinski definition) is 4. The van der Waals surface area contributed by atoms with Gasteiger partial charge in [-0.2, -0.15) is 0 Å². The minimum Gasteiger partial charge on any atom is -0.326 e. The number of para-hydroxylation sites is 2. The van der Waals surface area contributed by atoms with E-state index < -0.39 is 5.25 Å². The van der Waals surface area contributed by atoms with Gasteiger partial charge in [0.1, 0.15) is 5.25 Å². The van der Waals surface area contributed by atoms with Crippen LogP contribution in [0.25, 0.3) is 0 Å². The minimum atomic E-state index is -0.431.